The number of epoxide rings is 1. The SMILES string of the molecule is C=C(C)[C@@]12OC3(c4ccccc4)O[C@H]1[C@@H]1[C@@H]4O[C@]4(CO)[C@@H](O)[C@@]4(O)[C@@H](C[C@H](C)[C@@H]4OC(=O)c4ccccc4)[C@@]1(O3)[C@](C)(O)[C@@H]2OC(=O)c1ccccc1. The Kier molecular flexibility index (Phi) is 7.40. The van der Waals surface area contributed by atoms with Crippen molar-refractivity contribution in [2.24, 2.45) is 17.8 Å². The normalized spacial score (nSPS) is 45.6. The van der Waals surface area contributed by atoms with Crippen LogP contribution in [0, 0.1) is 17.8 Å². The predicted molar refractivity (Wildman–Crippen MR) is 184 cm³/mol. The number of ether oxygens (including phenoxy) is 6. The highest BCUT2D eigenvalue weighted by molar-refractivity contribution is 5.90. The molecule has 9 rings (SSSR count). The molecule has 0 radical (unpaired) electrons. The summed E-state index contributed by atoms with van der Waals surface area (Å²) in [4.78, 5) is 27.7. The standard InChI is InChI=1S/C41H42O12/c1-22(2)39-31-28-30-37(21-42,50-30)34(45)38(47)27(20-23(3)29(38)48-32(43)24-14-8-5-9-15-24)40(28,53-41(51-31,52-39)26-18-12-7-13-19-26)36(4,46)35(39)49-33(44)25-16-10-6-11-17-25/h5-19,23,27-31,34-35,42,45-47H,1,20-21H2,2-4H3/t23-,27+,28-,29-,30-,31-,34+,35-,36+,37-,38+,39+,40-,41?/m0/s1. The molecule has 12 nitrogen and oxygen atoms in total. The average Bonchev–Trinajstić information content (AvgIpc) is 3.78. The molecule has 0 aromatic heterocycles. The number of aliphatic hydroxyl groups excluding tert-OH is 2. The molecule has 12 heteroatoms. The lowest BCUT2D eigenvalue weighted by Gasteiger charge is -2.64. The zero-order valence-corrected chi connectivity index (χ0v) is 29.5. The molecule has 3 saturated carbocycles. The monoisotopic (exact) mass is 726 g/mol. The summed E-state index contributed by atoms with van der Waals surface area (Å²) in [7, 11) is 0. The summed E-state index contributed by atoms with van der Waals surface area (Å²) in [6.07, 6.45) is -6.93. The maximum absolute atomic E-state index is 14.0. The number of rotatable bonds is 7. The Labute approximate surface area is 305 Å². The minimum absolute atomic E-state index is 0.0538. The highest BCUT2D eigenvalue weighted by atomic mass is 16.9. The summed E-state index contributed by atoms with van der Waals surface area (Å²) in [6, 6.07) is 25.3. The molecule has 0 amide bonds. The summed E-state index contributed by atoms with van der Waals surface area (Å²) in [5.41, 5.74) is -9.05. The van der Waals surface area contributed by atoms with Crippen molar-refractivity contribution < 1.29 is 58.4 Å². The van der Waals surface area contributed by atoms with Crippen molar-refractivity contribution in [2.75, 3.05) is 6.61 Å². The molecule has 1 unspecified atom stereocenters. The minimum atomic E-state index is -2.40. The van der Waals surface area contributed by atoms with Gasteiger partial charge in [0.05, 0.1) is 23.7 Å². The van der Waals surface area contributed by atoms with E-state index < -0.39 is 101 Å². The van der Waals surface area contributed by atoms with E-state index in [2.05, 4.69) is 6.58 Å². The molecule has 4 N–H and O–H groups in total. The fourth-order valence-corrected chi connectivity index (χ4v) is 10.7. The van der Waals surface area contributed by atoms with Crippen LogP contribution in [-0.2, 0) is 34.4 Å². The molecule has 6 aliphatic rings. The third-order valence-electron chi connectivity index (χ3n) is 13.0. The highest BCUT2D eigenvalue weighted by Gasteiger charge is 2.94. The molecule has 53 heavy (non-hydrogen) atoms. The van der Waals surface area contributed by atoms with Crippen molar-refractivity contribution >= 4 is 11.9 Å². The van der Waals surface area contributed by atoms with Gasteiger partial charge >= 0.3 is 17.9 Å². The van der Waals surface area contributed by atoms with E-state index >= 15 is 0 Å². The zero-order valence-electron chi connectivity index (χ0n) is 29.5. The number of esters is 2. The van der Waals surface area contributed by atoms with Gasteiger partial charge in [0.1, 0.15) is 46.8 Å². The van der Waals surface area contributed by atoms with Crippen molar-refractivity contribution in [3.8, 4) is 0 Å². The van der Waals surface area contributed by atoms with Gasteiger partial charge in [-0.1, -0.05) is 80.2 Å². The van der Waals surface area contributed by atoms with Gasteiger partial charge in [-0.15, -0.1) is 0 Å². The van der Waals surface area contributed by atoms with Crippen LogP contribution < -0.4 is 0 Å². The highest BCUT2D eigenvalue weighted by Crippen LogP contribution is 2.76. The Morgan fingerprint density at radius 1 is 0.849 bits per heavy atom. The second-order valence-electron chi connectivity index (χ2n) is 15.8. The Balaban J connectivity index is 1.29. The quantitative estimate of drug-likeness (QED) is 0.160. The van der Waals surface area contributed by atoms with E-state index in [1.54, 1.807) is 105 Å². The fraction of sp³-hybridized carbons (Fsp3) is 0.463. The Bertz CT molecular complexity index is 1970. The summed E-state index contributed by atoms with van der Waals surface area (Å²) >= 11 is 0. The summed E-state index contributed by atoms with van der Waals surface area (Å²) in [6.45, 7) is 8.47. The average molecular weight is 727 g/mol. The van der Waals surface area contributed by atoms with Gasteiger partial charge in [-0.25, -0.2) is 9.59 Å². The van der Waals surface area contributed by atoms with Crippen LogP contribution >= 0.6 is 0 Å². The first-order valence-corrected chi connectivity index (χ1v) is 18.0. The van der Waals surface area contributed by atoms with E-state index in [0.29, 0.717) is 11.1 Å². The van der Waals surface area contributed by atoms with E-state index in [-0.39, 0.29) is 17.5 Å². The van der Waals surface area contributed by atoms with Crippen molar-refractivity contribution in [1.82, 2.24) is 0 Å². The Morgan fingerprint density at radius 2 is 1.42 bits per heavy atom. The molecule has 0 spiro atoms. The molecule has 6 fully saturated rings. The lowest BCUT2D eigenvalue weighted by atomic mass is 9.50. The fourth-order valence-electron chi connectivity index (χ4n) is 10.7. The second kappa shape index (κ2) is 11.3. The van der Waals surface area contributed by atoms with E-state index in [9.17, 15) is 30.0 Å². The van der Waals surface area contributed by atoms with E-state index in [1.807, 2.05) is 0 Å². The van der Waals surface area contributed by atoms with Crippen LogP contribution in [0.15, 0.2) is 103 Å². The lowest BCUT2D eigenvalue weighted by molar-refractivity contribution is -0.459. The second-order valence-corrected chi connectivity index (χ2v) is 15.8. The van der Waals surface area contributed by atoms with Gasteiger partial charge in [0.15, 0.2) is 11.7 Å². The van der Waals surface area contributed by atoms with Gasteiger partial charge in [0, 0.05) is 11.5 Å². The first-order valence-electron chi connectivity index (χ1n) is 18.0. The summed E-state index contributed by atoms with van der Waals surface area (Å²) in [5, 5.41) is 50.3. The van der Waals surface area contributed by atoms with E-state index in [0.717, 1.165) is 0 Å². The van der Waals surface area contributed by atoms with Crippen LogP contribution in [0.1, 0.15) is 53.5 Å². The van der Waals surface area contributed by atoms with Crippen LogP contribution in [0.4, 0.5) is 0 Å². The Hall–Kier alpha value is -3.98. The smallest absolute Gasteiger partial charge is 0.338 e. The molecule has 3 aromatic rings. The van der Waals surface area contributed by atoms with Crippen molar-refractivity contribution in [2.45, 2.75) is 91.7 Å². The molecular weight excluding hydrogens is 684 g/mol. The number of carbonyl (C=O) groups excluding carboxylic acids is 2. The van der Waals surface area contributed by atoms with Crippen molar-refractivity contribution in [1.29, 1.82) is 0 Å². The number of hydrogen-bond donors (Lipinski definition) is 4. The predicted octanol–water partition coefficient (Wildman–Crippen LogP) is 3.02. The van der Waals surface area contributed by atoms with Gasteiger partial charge in [-0.3, -0.25) is 0 Å². The van der Waals surface area contributed by atoms with Gasteiger partial charge in [0.2, 0.25) is 0 Å². The van der Waals surface area contributed by atoms with Gasteiger partial charge in [0.25, 0.3) is 0 Å². The summed E-state index contributed by atoms with van der Waals surface area (Å²) in [5.74, 6) is -6.48. The molecular formula is C41H42O12. The maximum atomic E-state index is 14.0. The van der Waals surface area contributed by atoms with Crippen LogP contribution in [0.3, 0.4) is 0 Å². The maximum Gasteiger partial charge on any atom is 0.338 e. The molecule has 3 heterocycles. The molecule has 3 saturated heterocycles. The van der Waals surface area contributed by atoms with E-state index in [4.69, 9.17) is 28.4 Å². The third-order valence-corrected chi connectivity index (χ3v) is 13.0. The third kappa shape index (κ3) is 4.18. The minimum Gasteiger partial charge on any atom is -0.455 e. The topological polar surface area (TPSA) is 174 Å². The number of benzene rings is 3. The molecule has 278 valence electrons. The number of hydrogen-bond acceptors (Lipinski definition) is 12. The molecule has 3 aliphatic carbocycles. The first-order chi connectivity index (χ1) is 25.2. The Morgan fingerprint density at radius 3 is 1.98 bits per heavy atom. The molecule has 3 aliphatic heterocycles. The van der Waals surface area contributed by atoms with Crippen molar-refractivity contribution in [3.63, 3.8) is 0 Å². The number of carbonyl (C=O) groups is 2. The zero-order chi connectivity index (χ0) is 37.3. The van der Waals surface area contributed by atoms with E-state index in [1.165, 1.54) is 6.92 Å². The molecule has 14 atom stereocenters. The van der Waals surface area contributed by atoms with Gasteiger partial charge in [-0.05, 0) is 56.0 Å². The lowest BCUT2D eigenvalue weighted by Crippen LogP contribution is -2.83. The van der Waals surface area contributed by atoms with Crippen LogP contribution in [0.2, 0.25) is 0 Å². The first kappa shape index (κ1) is 34.8. The largest absolute Gasteiger partial charge is 0.455 e. The van der Waals surface area contributed by atoms with Crippen LogP contribution in [-0.4, -0.2) is 97.5 Å². The van der Waals surface area contributed by atoms with Gasteiger partial charge in [-0.2, -0.15) is 0 Å². The van der Waals surface area contributed by atoms with Crippen LogP contribution in [0.25, 0.3) is 0 Å². The number of fused-ring (bicyclic) bond motifs is 3. The molecule has 3 aromatic carbocycles. The van der Waals surface area contributed by atoms with Crippen LogP contribution in [0.5, 0.6) is 0 Å². The number of aliphatic hydroxyl groups is 4. The van der Waals surface area contributed by atoms with Crippen molar-refractivity contribution in [3.05, 3.63) is 120 Å². The van der Waals surface area contributed by atoms with Gasteiger partial charge < -0.3 is 48.8 Å². The molecule has 3 bridgehead atoms. The summed E-state index contributed by atoms with van der Waals surface area (Å²) < 4.78 is 39.9.